The Bertz CT molecular complexity index is 422. The molecule has 0 spiro atoms. The second kappa shape index (κ2) is 6.76. The molecule has 1 nitrogen and oxygen atoms in total. The highest BCUT2D eigenvalue weighted by Crippen LogP contribution is 2.32. The van der Waals surface area contributed by atoms with Crippen LogP contribution in [0.1, 0.15) is 67.7 Å². The second-order valence-corrected chi connectivity index (χ2v) is 6.46. The van der Waals surface area contributed by atoms with Crippen LogP contribution in [0.4, 0.5) is 0 Å². The molecule has 0 aliphatic heterocycles. The fraction of sp³-hybridized carbons (Fsp3) is 0.647. The first-order valence-corrected chi connectivity index (χ1v) is 7.90. The Balaban J connectivity index is 1.95. The van der Waals surface area contributed by atoms with Crippen LogP contribution >= 0.6 is 11.6 Å². The van der Waals surface area contributed by atoms with Crippen LogP contribution in [0, 0.1) is 19.8 Å². The number of aliphatic hydroxyl groups is 1. The van der Waals surface area contributed by atoms with E-state index in [1.807, 2.05) is 26.0 Å². The fourth-order valence-corrected chi connectivity index (χ4v) is 3.41. The minimum absolute atomic E-state index is 0.335. The second-order valence-electron chi connectivity index (χ2n) is 6.06. The van der Waals surface area contributed by atoms with Gasteiger partial charge in [-0.1, -0.05) is 49.8 Å². The predicted octanol–water partition coefficient (Wildman–Crippen LogP) is 5.35. The smallest absolute Gasteiger partial charge is 0.0792 e. The first kappa shape index (κ1) is 14.9. The Hall–Kier alpha value is -0.530. The van der Waals surface area contributed by atoms with Crippen LogP contribution in [-0.2, 0) is 0 Å². The van der Waals surface area contributed by atoms with Crippen molar-refractivity contribution in [1.82, 2.24) is 0 Å². The van der Waals surface area contributed by atoms with Crippen molar-refractivity contribution in [2.24, 2.45) is 5.92 Å². The van der Waals surface area contributed by atoms with E-state index in [4.69, 9.17) is 11.6 Å². The maximum absolute atomic E-state index is 10.4. The summed E-state index contributed by atoms with van der Waals surface area (Å²) in [4.78, 5) is 0. The standard InChI is InChI=1S/C17H25ClO/c1-12-11-16(18)13(2)10-15(12)17(19)9-8-14-6-4-3-5-7-14/h10-11,14,17,19H,3-9H2,1-2H3. The Labute approximate surface area is 122 Å². The number of halogens is 1. The molecular weight excluding hydrogens is 256 g/mol. The third-order valence-corrected chi connectivity index (χ3v) is 4.89. The van der Waals surface area contributed by atoms with Gasteiger partial charge in [-0.15, -0.1) is 0 Å². The van der Waals surface area contributed by atoms with Crippen LogP contribution in [0.5, 0.6) is 0 Å². The van der Waals surface area contributed by atoms with Crippen LogP contribution in [0.25, 0.3) is 0 Å². The molecule has 0 saturated heterocycles. The number of hydrogen-bond acceptors (Lipinski definition) is 1. The van der Waals surface area contributed by atoms with E-state index in [0.717, 1.165) is 40.5 Å². The number of aliphatic hydroxyl groups excluding tert-OH is 1. The zero-order valence-electron chi connectivity index (χ0n) is 12.1. The third kappa shape index (κ3) is 3.97. The summed E-state index contributed by atoms with van der Waals surface area (Å²) >= 11 is 6.11. The zero-order valence-corrected chi connectivity index (χ0v) is 12.8. The van der Waals surface area contributed by atoms with E-state index >= 15 is 0 Å². The number of benzene rings is 1. The van der Waals surface area contributed by atoms with E-state index in [1.54, 1.807) is 0 Å². The molecule has 19 heavy (non-hydrogen) atoms. The average Bonchev–Trinajstić information content (AvgIpc) is 2.41. The molecule has 1 aliphatic rings. The molecular formula is C17H25ClO. The molecule has 2 rings (SSSR count). The van der Waals surface area contributed by atoms with Gasteiger partial charge in [0.25, 0.3) is 0 Å². The largest absolute Gasteiger partial charge is 0.388 e. The first-order chi connectivity index (χ1) is 9.08. The highest BCUT2D eigenvalue weighted by Gasteiger charge is 2.17. The lowest BCUT2D eigenvalue weighted by molar-refractivity contribution is 0.150. The summed E-state index contributed by atoms with van der Waals surface area (Å²) in [5, 5.41) is 11.2. The lowest BCUT2D eigenvalue weighted by Gasteiger charge is -2.23. The molecule has 1 atom stereocenters. The van der Waals surface area contributed by atoms with Crippen LogP contribution < -0.4 is 0 Å². The van der Waals surface area contributed by atoms with Gasteiger partial charge in [-0.25, -0.2) is 0 Å². The van der Waals surface area contributed by atoms with Gasteiger partial charge in [-0.2, -0.15) is 0 Å². The van der Waals surface area contributed by atoms with Crippen LogP contribution in [-0.4, -0.2) is 5.11 Å². The maximum Gasteiger partial charge on any atom is 0.0792 e. The summed E-state index contributed by atoms with van der Waals surface area (Å²) in [6.45, 7) is 4.03. The Morgan fingerprint density at radius 3 is 2.53 bits per heavy atom. The van der Waals surface area contributed by atoms with Crippen LogP contribution in [0.15, 0.2) is 12.1 Å². The number of hydrogen-bond donors (Lipinski definition) is 1. The van der Waals surface area contributed by atoms with Gasteiger partial charge in [-0.3, -0.25) is 0 Å². The molecule has 1 aromatic rings. The number of rotatable bonds is 4. The normalized spacial score (nSPS) is 18.5. The maximum atomic E-state index is 10.4. The molecule has 0 amide bonds. The SMILES string of the molecule is Cc1cc(C(O)CCC2CCCCC2)c(C)cc1Cl. The molecule has 0 bridgehead atoms. The minimum atomic E-state index is -0.335. The third-order valence-electron chi connectivity index (χ3n) is 4.48. The van der Waals surface area contributed by atoms with Crippen molar-refractivity contribution in [3.63, 3.8) is 0 Å². The zero-order chi connectivity index (χ0) is 13.8. The van der Waals surface area contributed by atoms with Crippen molar-refractivity contribution in [2.45, 2.75) is 64.9 Å². The molecule has 0 aromatic heterocycles. The van der Waals surface area contributed by atoms with Gasteiger partial charge >= 0.3 is 0 Å². The summed E-state index contributed by atoms with van der Waals surface area (Å²) < 4.78 is 0. The molecule has 1 unspecified atom stereocenters. The first-order valence-electron chi connectivity index (χ1n) is 7.52. The molecule has 0 heterocycles. The van der Waals surface area contributed by atoms with E-state index in [-0.39, 0.29) is 6.10 Å². The number of aryl methyl sites for hydroxylation is 2. The van der Waals surface area contributed by atoms with Gasteiger partial charge in [0.2, 0.25) is 0 Å². The summed E-state index contributed by atoms with van der Waals surface area (Å²) in [5.41, 5.74) is 3.21. The van der Waals surface area contributed by atoms with Crippen LogP contribution in [0.3, 0.4) is 0 Å². The van der Waals surface area contributed by atoms with E-state index in [0.29, 0.717) is 0 Å². The van der Waals surface area contributed by atoms with Crippen molar-refractivity contribution in [3.8, 4) is 0 Å². The van der Waals surface area contributed by atoms with Gasteiger partial charge in [0.1, 0.15) is 0 Å². The van der Waals surface area contributed by atoms with Crippen molar-refractivity contribution < 1.29 is 5.11 Å². The van der Waals surface area contributed by atoms with E-state index < -0.39 is 0 Å². The molecule has 1 aliphatic carbocycles. The monoisotopic (exact) mass is 280 g/mol. The Morgan fingerprint density at radius 1 is 1.16 bits per heavy atom. The predicted molar refractivity (Wildman–Crippen MR) is 81.7 cm³/mol. The van der Waals surface area contributed by atoms with Gasteiger partial charge < -0.3 is 5.11 Å². The van der Waals surface area contributed by atoms with Crippen LogP contribution in [0.2, 0.25) is 5.02 Å². The summed E-state index contributed by atoms with van der Waals surface area (Å²) in [7, 11) is 0. The quantitative estimate of drug-likeness (QED) is 0.788. The lowest BCUT2D eigenvalue weighted by atomic mass is 9.84. The van der Waals surface area contributed by atoms with E-state index in [9.17, 15) is 5.11 Å². The molecule has 1 saturated carbocycles. The average molecular weight is 281 g/mol. The highest BCUT2D eigenvalue weighted by molar-refractivity contribution is 6.31. The van der Waals surface area contributed by atoms with E-state index in [2.05, 4.69) is 0 Å². The summed E-state index contributed by atoms with van der Waals surface area (Å²) in [6, 6.07) is 4.01. The van der Waals surface area contributed by atoms with Gasteiger partial charge in [0.15, 0.2) is 0 Å². The summed E-state index contributed by atoms with van der Waals surface area (Å²) in [5.74, 6) is 0.831. The Kier molecular flexibility index (Phi) is 5.29. The Morgan fingerprint density at radius 2 is 1.84 bits per heavy atom. The van der Waals surface area contributed by atoms with E-state index in [1.165, 1.54) is 32.1 Å². The fourth-order valence-electron chi connectivity index (χ4n) is 3.19. The molecule has 106 valence electrons. The molecule has 1 fully saturated rings. The molecule has 1 N–H and O–H groups in total. The van der Waals surface area contributed by atoms with Crippen molar-refractivity contribution >= 4 is 11.6 Å². The molecule has 2 heteroatoms. The van der Waals surface area contributed by atoms with Crippen molar-refractivity contribution in [1.29, 1.82) is 0 Å². The highest BCUT2D eigenvalue weighted by atomic mass is 35.5. The summed E-state index contributed by atoms with van der Waals surface area (Å²) in [6.07, 6.45) is 8.55. The van der Waals surface area contributed by atoms with Crippen molar-refractivity contribution in [3.05, 3.63) is 33.8 Å². The van der Waals surface area contributed by atoms with Crippen molar-refractivity contribution in [2.75, 3.05) is 0 Å². The lowest BCUT2D eigenvalue weighted by Crippen LogP contribution is -2.09. The topological polar surface area (TPSA) is 20.2 Å². The molecule has 1 aromatic carbocycles. The van der Waals surface area contributed by atoms with Gasteiger partial charge in [-0.05, 0) is 55.4 Å². The van der Waals surface area contributed by atoms with Gasteiger partial charge in [0, 0.05) is 5.02 Å². The molecule has 0 radical (unpaired) electrons. The van der Waals surface area contributed by atoms with Gasteiger partial charge in [0.05, 0.1) is 6.10 Å². The minimum Gasteiger partial charge on any atom is -0.388 e.